The highest BCUT2D eigenvalue weighted by molar-refractivity contribution is 5.93. The van der Waals surface area contributed by atoms with Crippen molar-refractivity contribution in [2.24, 2.45) is 0 Å². The van der Waals surface area contributed by atoms with Gasteiger partial charge in [-0.3, -0.25) is 14.8 Å². The van der Waals surface area contributed by atoms with E-state index in [2.05, 4.69) is 15.3 Å². The van der Waals surface area contributed by atoms with E-state index in [1.165, 1.54) is 6.20 Å². The SMILES string of the molecule is O=C(NCc1ccncc1)c1cncc(F)c1. The summed E-state index contributed by atoms with van der Waals surface area (Å²) in [5.41, 5.74) is 1.14. The van der Waals surface area contributed by atoms with Crippen molar-refractivity contribution in [3.05, 3.63) is 59.9 Å². The Morgan fingerprint density at radius 3 is 2.71 bits per heavy atom. The fourth-order valence-corrected chi connectivity index (χ4v) is 1.32. The van der Waals surface area contributed by atoms with Gasteiger partial charge < -0.3 is 5.32 Å². The molecular formula is C12H10FN3O. The van der Waals surface area contributed by atoms with Gasteiger partial charge in [0.15, 0.2) is 0 Å². The van der Waals surface area contributed by atoms with Gasteiger partial charge in [0.25, 0.3) is 5.91 Å². The highest BCUT2D eigenvalue weighted by Crippen LogP contribution is 2.01. The van der Waals surface area contributed by atoms with Gasteiger partial charge in [-0.15, -0.1) is 0 Å². The van der Waals surface area contributed by atoms with Crippen LogP contribution in [0.4, 0.5) is 4.39 Å². The highest BCUT2D eigenvalue weighted by Gasteiger charge is 2.06. The van der Waals surface area contributed by atoms with Gasteiger partial charge in [0.1, 0.15) is 5.82 Å². The van der Waals surface area contributed by atoms with Crippen molar-refractivity contribution in [3.63, 3.8) is 0 Å². The Hall–Kier alpha value is -2.30. The summed E-state index contributed by atoms with van der Waals surface area (Å²) in [6, 6.07) is 4.74. The summed E-state index contributed by atoms with van der Waals surface area (Å²) in [6.07, 6.45) is 5.67. The molecule has 0 fully saturated rings. The second-order valence-electron chi connectivity index (χ2n) is 3.43. The first-order chi connectivity index (χ1) is 8.25. The van der Waals surface area contributed by atoms with Crippen molar-refractivity contribution < 1.29 is 9.18 Å². The fourth-order valence-electron chi connectivity index (χ4n) is 1.32. The molecule has 0 saturated heterocycles. The van der Waals surface area contributed by atoms with Crippen LogP contribution in [0.25, 0.3) is 0 Å². The first-order valence-corrected chi connectivity index (χ1v) is 5.03. The number of amides is 1. The van der Waals surface area contributed by atoms with Crippen molar-refractivity contribution >= 4 is 5.91 Å². The number of rotatable bonds is 3. The predicted molar refractivity (Wildman–Crippen MR) is 59.6 cm³/mol. The van der Waals surface area contributed by atoms with Crippen molar-refractivity contribution in [2.45, 2.75) is 6.54 Å². The molecule has 2 heterocycles. The molecule has 0 aliphatic heterocycles. The van der Waals surface area contributed by atoms with E-state index in [4.69, 9.17) is 0 Å². The van der Waals surface area contributed by atoms with E-state index in [0.29, 0.717) is 6.54 Å². The van der Waals surface area contributed by atoms with E-state index >= 15 is 0 Å². The summed E-state index contributed by atoms with van der Waals surface area (Å²) in [7, 11) is 0. The molecule has 0 spiro atoms. The summed E-state index contributed by atoms with van der Waals surface area (Å²) >= 11 is 0. The molecule has 86 valence electrons. The van der Waals surface area contributed by atoms with Gasteiger partial charge in [0, 0.05) is 25.1 Å². The lowest BCUT2D eigenvalue weighted by atomic mass is 10.2. The highest BCUT2D eigenvalue weighted by atomic mass is 19.1. The van der Waals surface area contributed by atoms with Crippen LogP contribution in [-0.2, 0) is 6.54 Å². The quantitative estimate of drug-likeness (QED) is 0.871. The van der Waals surface area contributed by atoms with E-state index in [9.17, 15) is 9.18 Å². The van der Waals surface area contributed by atoms with E-state index in [1.54, 1.807) is 24.5 Å². The molecule has 0 aliphatic carbocycles. The van der Waals surface area contributed by atoms with Crippen LogP contribution in [0, 0.1) is 5.82 Å². The first-order valence-electron chi connectivity index (χ1n) is 5.03. The largest absolute Gasteiger partial charge is 0.348 e. The standard InChI is InChI=1S/C12H10FN3O/c13-11-5-10(7-15-8-11)12(17)16-6-9-1-3-14-4-2-9/h1-5,7-8H,6H2,(H,16,17). The zero-order valence-corrected chi connectivity index (χ0v) is 8.93. The zero-order valence-electron chi connectivity index (χ0n) is 8.93. The molecule has 2 aromatic rings. The number of pyridine rings is 2. The summed E-state index contributed by atoms with van der Waals surface area (Å²) in [6.45, 7) is 0.373. The van der Waals surface area contributed by atoms with Crippen LogP contribution < -0.4 is 5.32 Å². The Morgan fingerprint density at radius 1 is 1.24 bits per heavy atom. The van der Waals surface area contributed by atoms with Crippen LogP contribution in [0.2, 0.25) is 0 Å². The molecule has 1 amide bonds. The molecule has 0 aliphatic rings. The molecule has 5 heteroatoms. The van der Waals surface area contributed by atoms with E-state index in [0.717, 1.165) is 17.8 Å². The molecule has 0 saturated carbocycles. The molecule has 17 heavy (non-hydrogen) atoms. The number of hydrogen-bond acceptors (Lipinski definition) is 3. The molecule has 1 N–H and O–H groups in total. The van der Waals surface area contributed by atoms with Crippen LogP contribution >= 0.6 is 0 Å². The van der Waals surface area contributed by atoms with Crippen LogP contribution in [-0.4, -0.2) is 15.9 Å². The van der Waals surface area contributed by atoms with Crippen LogP contribution in [0.5, 0.6) is 0 Å². The minimum atomic E-state index is -0.526. The lowest BCUT2D eigenvalue weighted by Gasteiger charge is -2.04. The Bertz CT molecular complexity index is 516. The minimum absolute atomic E-state index is 0.207. The van der Waals surface area contributed by atoms with Gasteiger partial charge in [-0.05, 0) is 23.8 Å². The Kier molecular flexibility index (Phi) is 3.40. The lowest BCUT2D eigenvalue weighted by Crippen LogP contribution is -2.23. The third-order valence-corrected chi connectivity index (χ3v) is 2.17. The zero-order chi connectivity index (χ0) is 12.1. The van der Waals surface area contributed by atoms with E-state index in [-0.39, 0.29) is 11.5 Å². The van der Waals surface area contributed by atoms with Crippen LogP contribution in [0.15, 0.2) is 43.0 Å². The lowest BCUT2D eigenvalue weighted by molar-refractivity contribution is 0.0950. The molecule has 2 rings (SSSR count). The van der Waals surface area contributed by atoms with Crippen molar-refractivity contribution in [3.8, 4) is 0 Å². The van der Waals surface area contributed by atoms with Gasteiger partial charge >= 0.3 is 0 Å². The maximum atomic E-state index is 12.8. The fraction of sp³-hybridized carbons (Fsp3) is 0.0833. The summed E-state index contributed by atoms with van der Waals surface area (Å²) in [4.78, 5) is 19.1. The molecule has 2 aromatic heterocycles. The third kappa shape index (κ3) is 3.07. The van der Waals surface area contributed by atoms with Gasteiger partial charge in [-0.25, -0.2) is 4.39 Å². The van der Waals surface area contributed by atoms with Gasteiger partial charge in [0.05, 0.1) is 11.8 Å². The Morgan fingerprint density at radius 2 is 2.00 bits per heavy atom. The summed E-state index contributed by atoms with van der Waals surface area (Å²) in [5, 5.41) is 2.67. The number of aromatic nitrogens is 2. The number of nitrogens with one attached hydrogen (secondary N) is 1. The second-order valence-corrected chi connectivity index (χ2v) is 3.43. The second kappa shape index (κ2) is 5.16. The smallest absolute Gasteiger partial charge is 0.253 e. The minimum Gasteiger partial charge on any atom is -0.348 e. The summed E-state index contributed by atoms with van der Waals surface area (Å²) < 4.78 is 12.8. The molecule has 0 atom stereocenters. The van der Waals surface area contributed by atoms with Crippen molar-refractivity contribution in [2.75, 3.05) is 0 Å². The van der Waals surface area contributed by atoms with Crippen molar-refractivity contribution in [1.29, 1.82) is 0 Å². The average Bonchev–Trinajstić information content (AvgIpc) is 2.37. The average molecular weight is 231 g/mol. The maximum Gasteiger partial charge on any atom is 0.253 e. The number of carbonyl (C=O) groups is 1. The van der Waals surface area contributed by atoms with E-state index in [1.807, 2.05) is 0 Å². The molecule has 0 bridgehead atoms. The number of carbonyl (C=O) groups excluding carboxylic acids is 1. The topological polar surface area (TPSA) is 54.9 Å². The molecular weight excluding hydrogens is 221 g/mol. The molecule has 0 radical (unpaired) electrons. The Labute approximate surface area is 97.5 Å². The number of halogens is 1. The molecule has 0 aromatic carbocycles. The van der Waals surface area contributed by atoms with E-state index < -0.39 is 5.82 Å². The molecule has 0 unspecified atom stereocenters. The van der Waals surface area contributed by atoms with Gasteiger partial charge in [0.2, 0.25) is 0 Å². The number of hydrogen-bond donors (Lipinski definition) is 1. The van der Waals surface area contributed by atoms with Crippen molar-refractivity contribution in [1.82, 2.24) is 15.3 Å². The Balaban J connectivity index is 1.98. The van der Waals surface area contributed by atoms with Crippen LogP contribution in [0.1, 0.15) is 15.9 Å². The third-order valence-electron chi connectivity index (χ3n) is 2.17. The van der Waals surface area contributed by atoms with Gasteiger partial charge in [-0.1, -0.05) is 0 Å². The van der Waals surface area contributed by atoms with Crippen LogP contribution in [0.3, 0.4) is 0 Å². The first kappa shape index (κ1) is 11.2. The normalized spacial score (nSPS) is 9.94. The molecule has 4 nitrogen and oxygen atoms in total. The predicted octanol–water partition coefficient (Wildman–Crippen LogP) is 1.55. The van der Waals surface area contributed by atoms with Gasteiger partial charge in [-0.2, -0.15) is 0 Å². The maximum absolute atomic E-state index is 12.8. The summed E-state index contributed by atoms with van der Waals surface area (Å²) in [5.74, 6) is -0.879. The number of nitrogens with zero attached hydrogens (tertiary/aromatic N) is 2. The monoisotopic (exact) mass is 231 g/mol.